The largest absolute Gasteiger partial charge is 0.369 e. The Morgan fingerprint density at radius 2 is 2.42 bits per heavy atom. The van der Waals surface area contributed by atoms with E-state index in [9.17, 15) is 0 Å². The van der Waals surface area contributed by atoms with Crippen LogP contribution in [-0.2, 0) is 6.54 Å². The second-order valence-electron chi connectivity index (χ2n) is 2.37. The SMILES string of the molecule is CCNc1nccc(CN)c1Cl. The Hall–Kier alpha value is -0.800. The van der Waals surface area contributed by atoms with Crippen LogP contribution in [0.3, 0.4) is 0 Å². The van der Waals surface area contributed by atoms with Crippen molar-refractivity contribution in [1.82, 2.24) is 4.98 Å². The average molecular weight is 186 g/mol. The summed E-state index contributed by atoms with van der Waals surface area (Å²) in [6, 6.07) is 1.82. The van der Waals surface area contributed by atoms with Crippen molar-refractivity contribution in [3.63, 3.8) is 0 Å². The zero-order valence-electron chi connectivity index (χ0n) is 6.97. The molecule has 0 saturated carbocycles. The fourth-order valence-corrected chi connectivity index (χ4v) is 1.19. The van der Waals surface area contributed by atoms with Crippen molar-refractivity contribution in [2.45, 2.75) is 13.5 Å². The van der Waals surface area contributed by atoms with Crippen molar-refractivity contribution < 1.29 is 0 Å². The Balaban J connectivity index is 2.97. The lowest BCUT2D eigenvalue weighted by Crippen LogP contribution is -2.04. The van der Waals surface area contributed by atoms with E-state index in [0.717, 1.165) is 12.1 Å². The van der Waals surface area contributed by atoms with Gasteiger partial charge in [0.05, 0.1) is 5.02 Å². The van der Waals surface area contributed by atoms with Gasteiger partial charge in [0, 0.05) is 19.3 Å². The molecular formula is C8H12ClN3. The number of nitrogens with one attached hydrogen (secondary N) is 1. The van der Waals surface area contributed by atoms with Crippen molar-refractivity contribution in [3.8, 4) is 0 Å². The first kappa shape index (κ1) is 9.29. The molecule has 1 heterocycles. The number of hydrogen-bond donors (Lipinski definition) is 2. The zero-order chi connectivity index (χ0) is 8.97. The number of anilines is 1. The fraction of sp³-hybridized carbons (Fsp3) is 0.375. The molecule has 0 saturated heterocycles. The third kappa shape index (κ3) is 1.87. The Kier molecular flexibility index (Phi) is 3.31. The van der Waals surface area contributed by atoms with E-state index in [-0.39, 0.29) is 0 Å². The van der Waals surface area contributed by atoms with Crippen LogP contribution < -0.4 is 11.1 Å². The fourth-order valence-electron chi connectivity index (χ4n) is 0.932. The molecule has 0 radical (unpaired) electrons. The molecule has 0 fully saturated rings. The molecule has 0 aliphatic carbocycles. The Morgan fingerprint density at radius 1 is 1.67 bits per heavy atom. The van der Waals surface area contributed by atoms with Gasteiger partial charge in [0.1, 0.15) is 5.82 Å². The summed E-state index contributed by atoms with van der Waals surface area (Å²) in [7, 11) is 0. The molecule has 1 aromatic heterocycles. The minimum atomic E-state index is 0.444. The minimum absolute atomic E-state index is 0.444. The number of aromatic nitrogens is 1. The zero-order valence-corrected chi connectivity index (χ0v) is 7.73. The highest BCUT2D eigenvalue weighted by Crippen LogP contribution is 2.22. The van der Waals surface area contributed by atoms with Crippen LogP contribution in [0.1, 0.15) is 12.5 Å². The summed E-state index contributed by atoms with van der Waals surface area (Å²) < 4.78 is 0. The monoisotopic (exact) mass is 185 g/mol. The van der Waals surface area contributed by atoms with Crippen LogP contribution in [0.15, 0.2) is 12.3 Å². The van der Waals surface area contributed by atoms with Crippen molar-refractivity contribution in [3.05, 3.63) is 22.8 Å². The van der Waals surface area contributed by atoms with Gasteiger partial charge >= 0.3 is 0 Å². The van der Waals surface area contributed by atoms with Gasteiger partial charge < -0.3 is 11.1 Å². The predicted octanol–water partition coefficient (Wildman–Crippen LogP) is 1.63. The summed E-state index contributed by atoms with van der Waals surface area (Å²) in [5.41, 5.74) is 6.39. The smallest absolute Gasteiger partial charge is 0.145 e. The number of nitrogens with two attached hydrogens (primary N) is 1. The van der Waals surface area contributed by atoms with E-state index < -0.39 is 0 Å². The molecule has 1 aromatic rings. The quantitative estimate of drug-likeness (QED) is 0.753. The molecule has 3 N–H and O–H groups in total. The first-order chi connectivity index (χ1) is 5.79. The van der Waals surface area contributed by atoms with Gasteiger partial charge in [-0.15, -0.1) is 0 Å². The molecule has 0 unspecified atom stereocenters. The maximum Gasteiger partial charge on any atom is 0.145 e. The molecular weight excluding hydrogens is 174 g/mol. The van der Waals surface area contributed by atoms with E-state index in [0.29, 0.717) is 17.4 Å². The van der Waals surface area contributed by atoms with Gasteiger partial charge in [-0.05, 0) is 18.6 Å². The molecule has 0 aliphatic rings. The highest BCUT2D eigenvalue weighted by Gasteiger charge is 2.03. The van der Waals surface area contributed by atoms with Crippen LogP contribution in [0.5, 0.6) is 0 Å². The summed E-state index contributed by atoms with van der Waals surface area (Å²) in [6.45, 7) is 3.24. The van der Waals surface area contributed by atoms with Gasteiger partial charge in [0.25, 0.3) is 0 Å². The highest BCUT2D eigenvalue weighted by atomic mass is 35.5. The lowest BCUT2D eigenvalue weighted by atomic mass is 10.2. The molecule has 12 heavy (non-hydrogen) atoms. The van der Waals surface area contributed by atoms with Crippen LogP contribution in [-0.4, -0.2) is 11.5 Å². The van der Waals surface area contributed by atoms with Gasteiger partial charge in [-0.25, -0.2) is 4.98 Å². The van der Waals surface area contributed by atoms with Crippen molar-refractivity contribution >= 4 is 17.4 Å². The predicted molar refractivity (Wildman–Crippen MR) is 51.3 cm³/mol. The first-order valence-electron chi connectivity index (χ1n) is 3.87. The summed E-state index contributed by atoms with van der Waals surface area (Å²) in [5, 5.41) is 3.68. The third-order valence-corrected chi connectivity index (χ3v) is 1.96. The van der Waals surface area contributed by atoms with Gasteiger partial charge in [-0.3, -0.25) is 0 Å². The molecule has 4 heteroatoms. The first-order valence-corrected chi connectivity index (χ1v) is 4.24. The molecule has 3 nitrogen and oxygen atoms in total. The highest BCUT2D eigenvalue weighted by molar-refractivity contribution is 6.33. The van der Waals surface area contributed by atoms with Crippen molar-refractivity contribution in [1.29, 1.82) is 0 Å². The average Bonchev–Trinajstić information content (AvgIpc) is 2.09. The number of halogens is 1. The normalized spacial score (nSPS) is 9.92. The number of rotatable bonds is 3. The standard InChI is InChI=1S/C8H12ClN3/c1-2-11-8-7(9)6(5-10)3-4-12-8/h3-4H,2,5,10H2,1H3,(H,11,12). The minimum Gasteiger partial charge on any atom is -0.369 e. The molecule has 0 aliphatic heterocycles. The summed E-state index contributed by atoms with van der Waals surface area (Å²) in [4.78, 5) is 4.08. The van der Waals surface area contributed by atoms with Gasteiger partial charge in [-0.2, -0.15) is 0 Å². The van der Waals surface area contributed by atoms with Crippen LogP contribution in [0.4, 0.5) is 5.82 Å². The summed E-state index contributed by atoms with van der Waals surface area (Å²) in [6.07, 6.45) is 1.70. The molecule has 0 aromatic carbocycles. The summed E-state index contributed by atoms with van der Waals surface area (Å²) in [5.74, 6) is 0.710. The van der Waals surface area contributed by atoms with Crippen molar-refractivity contribution in [2.75, 3.05) is 11.9 Å². The van der Waals surface area contributed by atoms with E-state index in [2.05, 4.69) is 10.3 Å². The van der Waals surface area contributed by atoms with Crippen LogP contribution >= 0.6 is 11.6 Å². The van der Waals surface area contributed by atoms with E-state index >= 15 is 0 Å². The molecule has 0 spiro atoms. The van der Waals surface area contributed by atoms with Crippen LogP contribution in [0, 0.1) is 0 Å². The molecule has 66 valence electrons. The Morgan fingerprint density at radius 3 is 3.00 bits per heavy atom. The number of pyridine rings is 1. The maximum atomic E-state index is 5.98. The van der Waals surface area contributed by atoms with Crippen LogP contribution in [0.2, 0.25) is 5.02 Å². The van der Waals surface area contributed by atoms with E-state index in [1.54, 1.807) is 6.20 Å². The molecule has 0 bridgehead atoms. The van der Waals surface area contributed by atoms with Crippen LogP contribution in [0.25, 0.3) is 0 Å². The molecule has 0 atom stereocenters. The topological polar surface area (TPSA) is 50.9 Å². The molecule has 0 amide bonds. The molecule has 1 rings (SSSR count). The number of hydrogen-bond acceptors (Lipinski definition) is 3. The van der Waals surface area contributed by atoms with Gasteiger partial charge in [0.2, 0.25) is 0 Å². The van der Waals surface area contributed by atoms with Gasteiger partial charge in [0.15, 0.2) is 0 Å². The van der Waals surface area contributed by atoms with E-state index in [1.807, 2.05) is 13.0 Å². The second kappa shape index (κ2) is 4.28. The summed E-state index contributed by atoms with van der Waals surface area (Å²) >= 11 is 5.98. The van der Waals surface area contributed by atoms with E-state index in [4.69, 9.17) is 17.3 Å². The lowest BCUT2D eigenvalue weighted by Gasteiger charge is -2.07. The third-order valence-electron chi connectivity index (χ3n) is 1.53. The second-order valence-corrected chi connectivity index (χ2v) is 2.75. The van der Waals surface area contributed by atoms with Gasteiger partial charge in [-0.1, -0.05) is 11.6 Å². The maximum absolute atomic E-state index is 5.98. The number of nitrogens with zero attached hydrogens (tertiary/aromatic N) is 1. The Labute approximate surface area is 76.9 Å². The Bertz CT molecular complexity index is 262. The van der Waals surface area contributed by atoms with Crippen molar-refractivity contribution in [2.24, 2.45) is 5.73 Å². The lowest BCUT2D eigenvalue weighted by molar-refractivity contribution is 1.05. The van der Waals surface area contributed by atoms with E-state index in [1.165, 1.54) is 0 Å².